The van der Waals surface area contributed by atoms with Gasteiger partial charge < -0.3 is 4.90 Å². The van der Waals surface area contributed by atoms with Crippen molar-refractivity contribution in [3.05, 3.63) is 54.1 Å². The lowest BCUT2D eigenvalue weighted by Crippen LogP contribution is -2.21. The molecule has 3 aromatic rings. The second-order valence-electron chi connectivity index (χ2n) is 6.11. The Kier molecular flexibility index (Phi) is 6.14. The van der Waals surface area contributed by atoms with Crippen LogP contribution in [0.4, 0.5) is 5.69 Å². The zero-order valence-electron chi connectivity index (χ0n) is 15.7. The maximum Gasteiger partial charge on any atom is 0.241 e. The second kappa shape index (κ2) is 8.93. The van der Waals surface area contributed by atoms with E-state index >= 15 is 0 Å². The van der Waals surface area contributed by atoms with Crippen LogP contribution in [0.1, 0.15) is 25.8 Å². The highest BCUT2D eigenvalue weighted by molar-refractivity contribution is 5.83. The third-order valence-corrected chi connectivity index (χ3v) is 4.40. The van der Waals surface area contributed by atoms with Gasteiger partial charge in [-0.15, -0.1) is 5.10 Å². The summed E-state index contributed by atoms with van der Waals surface area (Å²) in [6, 6.07) is 15.8. The van der Waals surface area contributed by atoms with Crippen molar-refractivity contribution in [1.29, 1.82) is 0 Å². The van der Waals surface area contributed by atoms with Gasteiger partial charge in [0.15, 0.2) is 0 Å². The third-order valence-electron chi connectivity index (χ3n) is 4.40. The first kappa shape index (κ1) is 18.6. The van der Waals surface area contributed by atoms with Crippen molar-refractivity contribution in [3.8, 4) is 0 Å². The molecule has 0 aliphatic rings. The van der Waals surface area contributed by atoms with Crippen LogP contribution in [0.15, 0.2) is 53.6 Å². The van der Waals surface area contributed by atoms with Gasteiger partial charge in [-0.3, -0.25) is 4.79 Å². The van der Waals surface area contributed by atoms with Crippen molar-refractivity contribution in [2.45, 2.75) is 26.8 Å². The normalized spacial score (nSPS) is 11.2. The van der Waals surface area contributed by atoms with Crippen LogP contribution in [0.5, 0.6) is 0 Å². The third kappa shape index (κ3) is 4.69. The first-order valence-electron chi connectivity index (χ1n) is 9.16. The molecule has 0 saturated heterocycles. The Balaban J connectivity index is 1.50. The number of carbonyl (C=O) groups excluding carboxylic acids is 1. The summed E-state index contributed by atoms with van der Waals surface area (Å²) in [7, 11) is 0. The molecule has 0 saturated carbocycles. The summed E-state index contributed by atoms with van der Waals surface area (Å²) in [4.78, 5) is 14.3. The molecular weight excluding hydrogens is 340 g/mol. The van der Waals surface area contributed by atoms with E-state index in [9.17, 15) is 4.79 Å². The SMILES string of the molecule is CCN(CC)c1ccc(/C=N/NC(=O)CCn2nnc3ccccc32)cc1. The van der Waals surface area contributed by atoms with Gasteiger partial charge in [0.1, 0.15) is 5.52 Å². The summed E-state index contributed by atoms with van der Waals surface area (Å²) < 4.78 is 1.73. The van der Waals surface area contributed by atoms with E-state index < -0.39 is 0 Å². The predicted molar refractivity (Wildman–Crippen MR) is 108 cm³/mol. The monoisotopic (exact) mass is 364 g/mol. The van der Waals surface area contributed by atoms with Crippen LogP contribution in [0.25, 0.3) is 11.0 Å². The van der Waals surface area contributed by atoms with Gasteiger partial charge in [0.2, 0.25) is 5.91 Å². The molecule has 0 bridgehead atoms. The van der Waals surface area contributed by atoms with Crippen molar-refractivity contribution >= 4 is 28.8 Å². The van der Waals surface area contributed by atoms with Crippen LogP contribution >= 0.6 is 0 Å². The highest BCUT2D eigenvalue weighted by Gasteiger charge is 2.06. The van der Waals surface area contributed by atoms with E-state index in [0.717, 1.165) is 29.7 Å². The molecule has 1 amide bonds. The molecule has 0 radical (unpaired) electrons. The Morgan fingerprint density at radius 3 is 2.63 bits per heavy atom. The highest BCUT2D eigenvalue weighted by Crippen LogP contribution is 2.14. The van der Waals surface area contributed by atoms with E-state index in [-0.39, 0.29) is 12.3 Å². The molecule has 1 aromatic heterocycles. The van der Waals surface area contributed by atoms with E-state index in [1.165, 1.54) is 5.69 Å². The first-order valence-corrected chi connectivity index (χ1v) is 9.16. The number of aryl methyl sites for hydroxylation is 1. The van der Waals surface area contributed by atoms with Crippen molar-refractivity contribution in [3.63, 3.8) is 0 Å². The lowest BCUT2D eigenvalue weighted by molar-refractivity contribution is -0.121. The molecule has 0 spiro atoms. The average Bonchev–Trinajstić information content (AvgIpc) is 3.12. The molecule has 2 aromatic carbocycles. The predicted octanol–water partition coefficient (Wildman–Crippen LogP) is 2.82. The zero-order chi connectivity index (χ0) is 19.1. The summed E-state index contributed by atoms with van der Waals surface area (Å²) in [5, 5.41) is 12.2. The number of fused-ring (bicyclic) bond motifs is 1. The molecule has 0 atom stereocenters. The fourth-order valence-electron chi connectivity index (χ4n) is 2.88. The van der Waals surface area contributed by atoms with Crippen LogP contribution in [0, 0.1) is 0 Å². The number of hydrogen-bond acceptors (Lipinski definition) is 5. The molecule has 27 heavy (non-hydrogen) atoms. The molecule has 0 fully saturated rings. The lowest BCUT2D eigenvalue weighted by atomic mass is 10.2. The molecule has 1 N–H and O–H groups in total. The molecule has 0 aliphatic heterocycles. The Bertz CT molecular complexity index is 912. The average molecular weight is 364 g/mol. The number of rotatable bonds is 8. The minimum atomic E-state index is -0.161. The maximum atomic E-state index is 12.0. The molecule has 3 rings (SSSR count). The smallest absolute Gasteiger partial charge is 0.241 e. The van der Waals surface area contributed by atoms with Gasteiger partial charge in [-0.2, -0.15) is 5.10 Å². The number of nitrogens with one attached hydrogen (secondary N) is 1. The molecule has 7 nitrogen and oxygen atoms in total. The maximum absolute atomic E-state index is 12.0. The zero-order valence-corrected chi connectivity index (χ0v) is 15.7. The molecular formula is C20H24N6O. The molecule has 0 unspecified atom stereocenters. The molecule has 7 heteroatoms. The van der Waals surface area contributed by atoms with Gasteiger partial charge in [0.25, 0.3) is 0 Å². The van der Waals surface area contributed by atoms with E-state index in [4.69, 9.17) is 0 Å². The number of nitrogens with zero attached hydrogens (tertiary/aromatic N) is 5. The Labute approximate surface area is 158 Å². The number of amides is 1. The second-order valence-corrected chi connectivity index (χ2v) is 6.11. The van der Waals surface area contributed by atoms with E-state index in [2.05, 4.69) is 51.7 Å². The minimum absolute atomic E-state index is 0.161. The van der Waals surface area contributed by atoms with Crippen molar-refractivity contribution in [2.24, 2.45) is 5.10 Å². The highest BCUT2D eigenvalue weighted by atomic mass is 16.2. The van der Waals surface area contributed by atoms with Crippen LogP contribution in [0.2, 0.25) is 0 Å². The Morgan fingerprint density at radius 1 is 1.15 bits per heavy atom. The number of para-hydroxylation sites is 1. The van der Waals surface area contributed by atoms with Crippen LogP contribution < -0.4 is 10.3 Å². The standard InChI is InChI=1S/C20H24N6O/c1-3-25(4-2)17-11-9-16(10-12-17)15-21-23-20(27)13-14-26-19-8-6-5-7-18(19)22-24-26/h5-12,15H,3-4,13-14H2,1-2H3,(H,23,27)/b21-15+. The fourth-order valence-corrected chi connectivity index (χ4v) is 2.88. The van der Waals surface area contributed by atoms with Gasteiger partial charge in [-0.25, -0.2) is 10.1 Å². The fraction of sp³-hybridized carbons (Fsp3) is 0.300. The van der Waals surface area contributed by atoms with Gasteiger partial charge in [0, 0.05) is 25.2 Å². The molecule has 0 aliphatic carbocycles. The van der Waals surface area contributed by atoms with Gasteiger partial charge in [-0.1, -0.05) is 29.5 Å². The number of anilines is 1. The summed E-state index contributed by atoms with van der Waals surface area (Å²) in [6.07, 6.45) is 1.93. The van der Waals surface area contributed by atoms with Crippen molar-refractivity contribution < 1.29 is 4.79 Å². The largest absolute Gasteiger partial charge is 0.372 e. The van der Waals surface area contributed by atoms with Crippen molar-refractivity contribution in [2.75, 3.05) is 18.0 Å². The Morgan fingerprint density at radius 2 is 1.89 bits per heavy atom. The van der Waals surface area contributed by atoms with E-state index in [1.54, 1.807) is 10.9 Å². The Hall–Kier alpha value is -3.22. The molecule has 140 valence electrons. The number of carbonyl (C=O) groups is 1. The first-order chi connectivity index (χ1) is 13.2. The number of aromatic nitrogens is 3. The van der Waals surface area contributed by atoms with Crippen molar-refractivity contribution in [1.82, 2.24) is 20.4 Å². The molecule has 1 heterocycles. The number of hydrogen-bond donors (Lipinski definition) is 1. The summed E-state index contributed by atoms with van der Waals surface area (Å²) >= 11 is 0. The summed E-state index contributed by atoms with van der Waals surface area (Å²) in [5.41, 5.74) is 6.42. The van der Waals surface area contributed by atoms with Gasteiger partial charge in [-0.05, 0) is 43.7 Å². The van der Waals surface area contributed by atoms with Crippen LogP contribution in [-0.2, 0) is 11.3 Å². The van der Waals surface area contributed by atoms with Crippen LogP contribution in [0.3, 0.4) is 0 Å². The van der Waals surface area contributed by atoms with Crippen LogP contribution in [-0.4, -0.2) is 40.2 Å². The summed E-state index contributed by atoms with van der Waals surface area (Å²) in [6.45, 7) is 6.68. The minimum Gasteiger partial charge on any atom is -0.372 e. The van der Waals surface area contributed by atoms with Gasteiger partial charge in [0.05, 0.1) is 18.3 Å². The number of benzene rings is 2. The lowest BCUT2D eigenvalue weighted by Gasteiger charge is -2.20. The van der Waals surface area contributed by atoms with Gasteiger partial charge >= 0.3 is 0 Å². The quantitative estimate of drug-likeness (QED) is 0.493. The number of hydrazone groups is 1. The van der Waals surface area contributed by atoms with E-state index in [1.807, 2.05) is 36.4 Å². The topological polar surface area (TPSA) is 75.4 Å². The summed E-state index contributed by atoms with van der Waals surface area (Å²) in [5.74, 6) is -0.161. The van der Waals surface area contributed by atoms with E-state index in [0.29, 0.717) is 6.54 Å².